The van der Waals surface area contributed by atoms with Crippen LogP contribution < -0.4 is 5.73 Å². The van der Waals surface area contributed by atoms with E-state index < -0.39 is 0 Å². The second kappa shape index (κ2) is 13.0. The first kappa shape index (κ1) is 30.0. The number of nitrogens with two attached hydrogens (primary N) is 1. The molecule has 0 unspecified atom stereocenters. The van der Waals surface area contributed by atoms with Gasteiger partial charge in [-0.1, -0.05) is 58.5 Å². The highest BCUT2D eigenvalue weighted by Crippen LogP contribution is 2.42. The summed E-state index contributed by atoms with van der Waals surface area (Å²) in [4.78, 5) is 2.21. The number of halogens is 4. The fourth-order valence-corrected chi connectivity index (χ4v) is 6.31. The molecule has 0 bridgehead atoms. The van der Waals surface area contributed by atoms with Crippen molar-refractivity contribution in [2.45, 2.75) is 74.4 Å². The Labute approximate surface area is 235 Å². The van der Waals surface area contributed by atoms with E-state index in [2.05, 4.69) is 25.1 Å². The molecule has 4 nitrogen and oxygen atoms in total. The van der Waals surface area contributed by atoms with Gasteiger partial charge in [0.1, 0.15) is 0 Å². The van der Waals surface area contributed by atoms with Gasteiger partial charge in [0.05, 0.1) is 32.3 Å². The molecule has 200 valence electrons. The van der Waals surface area contributed by atoms with Crippen LogP contribution >= 0.6 is 46.4 Å². The summed E-state index contributed by atoms with van der Waals surface area (Å²) in [5.41, 5.74) is 8.36. The van der Waals surface area contributed by atoms with Gasteiger partial charge in [0.2, 0.25) is 0 Å². The lowest BCUT2D eigenvalue weighted by Gasteiger charge is -2.41. The minimum absolute atomic E-state index is 0.0482. The molecular formula is C28H38Cl4N2O2. The molecule has 0 saturated heterocycles. The van der Waals surface area contributed by atoms with E-state index in [-0.39, 0.29) is 23.0 Å². The molecule has 4 N–H and O–H groups in total. The van der Waals surface area contributed by atoms with Crippen LogP contribution in [0.25, 0.3) is 0 Å². The van der Waals surface area contributed by atoms with Crippen LogP contribution in [-0.4, -0.2) is 54.5 Å². The second-order valence-electron chi connectivity index (χ2n) is 10.7. The molecule has 0 amide bonds. The molecule has 2 saturated carbocycles. The Morgan fingerprint density at radius 2 is 1.11 bits per heavy atom. The zero-order chi connectivity index (χ0) is 26.5. The monoisotopic (exact) mass is 574 g/mol. The molecule has 2 fully saturated rings. The molecule has 0 aliphatic heterocycles. The van der Waals surface area contributed by atoms with Crippen LogP contribution in [0.15, 0.2) is 36.4 Å². The lowest BCUT2D eigenvalue weighted by molar-refractivity contribution is 0.0843. The molecular weight excluding hydrogens is 538 g/mol. The Kier molecular flexibility index (Phi) is 10.8. The van der Waals surface area contributed by atoms with Gasteiger partial charge in [-0.2, -0.15) is 0 Å². The summed E-state index contributed by atoms with van der Waals surface area (Å²) in [5, 5.41) is 21.7. The van der Waals surface area contributed by atoms with Crippen molar-refractivity contribution in [3.63, 3.8) is 0 Å². The van der Waals surface area contributed by atoms with Crippen molar-refractivity contribution in [3.8, 4) is 0 Å². The number of nitrogens with zero attached hydrogens (tertiary/aromatic N) is 1. The van der Waals surface area contributed by atoms with Gasteiger partial charge in [-0.3, -0.25) is 0 Å². The molecule has 8 heteroatoms. The van der Waals surface area contributed by atoms with Crippen LogP contribution in [0.1, 0.15) is 62.5 Å². The molecule has 2 aliphatic carbocycles. The van der Waals surface area contributed by atoms with Gasteiger partial charge in [-0.15, -0.1) is 0 Å². The van der Waals surface area contributed by atoms with E-state index in [0.717, 1.165) is 63.5 Å². The van der Waals surface area contributed by atoms with Gasteiger partial charge >= 0.3 is 0 Å². The summed E-state index contributed by atoms with van der Waals surface area (Å²) >= 11 is 24.2. The predicted octanol–water partition coefficient (Wildman–Crippen LogP) is 6.85. The molecule has 0 spiro atoms. The van der Waals surface area contributed by atoms with Gasteiger partial charge in [-0.05, 0) is 101 Å². The fraction of sp³-hybridized carbons (Fsp3) is 0.571. The fourth-order valence-electron chi connectivity index (χ4n) is 5.72. The van der Waals surface area contributed by atoms with Crippen molar-refractivity contribution in [1.29, 1.82) is 0 Å². The molecule has 36 heavy (non-hydrogen) atoms. The number of rotatable bonds is 5. The quantitative estimate of drug-likeness (QED) is 0.364. The standard InChI is InChI=1S/C15H21Cl2NO.C13H17Cl2NO/c1-18(2)10-15(7-5-12(19)6-8-15)11-3-4-13(16)14(17)9-11;14-11-2-1-9(7-12(11)15)13(8-16)5-3-10(17)4-6-13/h3-4,9,12,19H,5-8,10H2,1-2H3;1-2,7,10,17H,3-6,8,16H2. The topological polar surface area (TPSA) is 69.7 Å². The number of aliphatic hydroxyl groups excluding tert-OH is 2. The van der Waals surface area contributed by atoms with Gasteiger partial charge in [0, 0.05) is 23.9 Å². The lowest BCUT2D eigenvalue weighted by atomic mass is 9.68. The molecule has 2 aliphatic rings. The average Bonchev–Trinajstić information content (AvgIpc) is 2.85. The predicted molar refractivity (Wildman–Crippen MR) is 153 cm³/mol. The van der Waals surface area contributed by atoms with Crippen molar-refractivity contribution in [2.24, 2.45) is 5.73 Å². The molecule has 0 heterocycles. The Morgan fingerprint density at radius 3 is 1.47 bits per heavy atom. The Hall–Kier alpha value is -0.560. The van der Waals surface area contributed by atoms with Gasteiger partial charge in [-0.25, -0.2) is 0 Å². The largest absolute Gasteiger partial charge is 0.393 e. The van der Waals surface area contributed by atoms with Crippen molar-refractivity contribution >= 4 is 46.4 Å². The number of hydrogen-bond acceptors (Lipinski definition) is 4. The van der Waals surface area contributed by atoms with E-state index in [9.17, 15) is 10.2 Å². The average molecular weight is 576 g/mol. The van der Waals surface area contributed by atoms with Crippen molar-refractivity contribution in [1.82, 2.24) is 4.90 Å². The van der Waals surface area contributed by atoms with E-state index in [1.165, 1.54) is 5.56 Å². The Bertz CT molecular complexity index is 1000. The lowest BCUT2D eigenvalue weighted by Crippen LogP contribution is -2.41. The SMILES string of the molecule is CN(C)CC1(c2ccc(Cl)c(Cl)c2)CCC(O)CC1.NCC1(c2ccc(Cl)c(Cl)c2)CCC(O)CC1. The Morgan fingerprint density at radius 1 is 0.722 bits per heavy atom. The van der Waals surface area contributed by atoms with Crippen LogP contribution in [0, 0.1) is 0 Å². The number of likely N-dealkylation sites (N-methyl/N-ethyl adjacent to an activating group) is 1. The maximum absolute atomic E-state index is 9.76. The van der Waals surface area contributed by atoms with Gasteiger partial charge < -0.3 is 20.8 Å². The first-order chi connectivity index (χ1) is 17.0. The molecule has 0 radical (unpaired) electrons. The minimum atomic E-state index is -0.183. The van der Waals surface area contributed by atoms with Crippen molar-refractivity contribution < 1.29 is 10.2 Å². The summed E-state index contributed by atoms with van der Waals surface area (Å²) in [6.07, 6.45) is 6.77. The highest BCUT2D eigenvalue weighted by molar-refractivity contribution is 6.42. The van der Waals surface area contributed by atoms with E-state index in [0.29, 0.717) is 26.6 Å². The third kappa shape index (κ3) is 7.30. The minimum Gasteiger partial charge on any atom is -0.393 e. The van der Waals surface area contributed by atoms with Crippen LogP contribution in [0.5, 0.6) is 0 Å². The number of benzene rings is 2. The second-order valence-corrected chi connectivity index (χ2v) is 12.4. The first-order valence-corrected chi connectivity index (χ1v) is 14.1. The van der Waals surface area contributed by atoms with Crippen molar-refractivity contribution in [3.05, 3.63) is 67.6 Å². The number of hydrogen-bond donors (Lipinski definition) is 3. The van der Waals surface area contributed by atoms with Crippen LogP contribution in [0.4, 0.5) is 0 Å². The summed E-state index contributed by atoms with van der Waals surface area (Å²) in [6.45, 7) is 1.55. The summed E-state index contributed by atoms with van der Waals surface area (Å²) < 4.78 is 0. The van der Waals surface area contributed by atoms with Gasteiger partial charge in [0.15, 0.2) is 0 Å². The molecule has 0 atom stereocenters. The third-order valence-corrected chi connectivity index (χ3v) is 9.38. The zero-order valence-corrected chi connectivity index (χ0v) is 24.1. The summed E-state index contributed by atoms with van der Waals surface area (Å²) in [6, 6.07) is 11.7. The van der Waals surface area contributed by atoms with E-state index in [1.54, 1.807) is 0 Å². The van der Waals surface area contributed by atoms with E-state index in [1.807, 2.05) is 30.3 Å². The Balaban J connectivity index is 0.000000202. The zero-order valence-electron chi connectivity index (χ0n) is 21.1. The third-order valence-electron chi connectivity index (χ3n) is 7.90. The summed E-state index contributed by atoms with van der Waals surface area (Å²) in [7, 11) is 4.18. The van der Waals surface area contributed by atoms with E-state index >= 15 is 0 Å². The van der Waals surface area contributed by atoms with E-state index in [4.69, 9.17) is 52.1 Å². The maximum atomic E-state index is 9.76. The van der Waals surface area contributed by atoms with Crippen molar-refractivity contribution in [2.75, 3.05) is 27.2 Å². The number of aliphatic hydroxyl groups is 2. The highest BCUT2D eigenvalue weighted by atomic mass is 35.5. The normalized spacial score (nSPS) is 28.5. The molecule has 4 rings (SSSR count). The molecule has 0 aromatic heterocycles. The van der Waals surface area contributed by atoms with Crippen LogP contribution in [-0.2, 0) is 10.8 Å². The maximum Gasteiger partial charge on any atom is 0.0595 e. The summed E-state index contributed by atoms with van der Waals surface area (Å²) in [5.74, 6) is 0. The van der Waals surface area contributed by atoms with Gasteiger partial charge in [0.25, 0.3) is 0 Å². The van der Waals surface area contributed by atoms with Crippen LogP contribution in [0.2, 0.25) is 20.1 Å². The highest BCUT2D eigenvalue weighted by Gasteiger charge is 2.37. The van der Waals surface area contributed by atoms with Crippen LogP contribution in [0.3, 0.4) is 0 Å². The first-order valence-electron chi connectivity index (χ1n) is 12.6. The smallest absolute Gasteiger partial charge is 0.0595 e. The molecule has 2 aromatic carbocycles. The molecule has 2 aromatic rings.